The minimum Gasteiger partial charge on any atom is -0.492 e. The Balaban J connectivity index is 1.38. The lowest BCUT2D eigenvalue weighted by atomic mass is 10.1. The minimum absolute atomic E-state index is 0.0448. The predicted octanol–water partition coefficient (Wildman–Crippen LogP) is 3.24. The lowest BCUT2D eigenvalue weighted by Gasteiger charge is -2.35. The Kier molecular flexibility index (Phi) is 7.88. The lowest BCUT2D eigenvalue weighted by molar-refractivity contribution is -0.0699. The molecule has 1 saturated heterocycles. The minimum atomic E-state index is -0.529. The zero-order valence-electron chi connectivity index (χ0n) is 19.8. The number of hydrogen-bond donors (Lipinski definition) is 2. The summed E-state index contributed by atoms with van der Waals surface area (Å²) in [7, 11) is 0. The van der Waals surface area contributed by atoms with Crippen LogP contribution in [-0.2, 0) is 4.74 Å². The summed E-state index contributed by atoms with van der Waals surface area (Å²) in [6.07, 6.45) is 2.07. The van der Waals surface area contributed by atoms with Crippen molar-refractivity contribution in [2.24, 2.45) is 5.10 Å². The molecule has 1 aromatic heterocycles. The van der Waals surface area contributed by atoms with Gasteiger partial charge < -0.3 is 9.47 Å². The predicted molar refractivity (Wildman–Crippen MR) is 135 cm³/mol. The van der Waals surface area contributed by atoms with Crippen LogP contribution in [0.25, 0.3) is 11.3 Å². The first-order valence-electron chi connectivity index (χ1n) is 11.5. The number of aromatic nitrogens is 2. The third-order valence-electron chi connectivity index (χ3n) is 5.49. The summed E-state index contributed by atoms with van der Waals surface area (Å²) < 4.78 is 11.7. The summed E-state index contributed by atoms with van der Waals surface area (Å²) in [4.78, 5) is 21.6. The Hall–Kier alpha value is -4.00. The summed E-state index contributed by atoms with van der Waals surface area (Å²) in [5, 5.41) is 13.6. The summed E-state index contributed by atoms with van der Waals surface area (Å²) in [5.74, 6) is 0.894. The van der Waals surface area contributed by atoms with Gasteiger partial charge in [-0.2, -0.15) is 10.4 Å². The largest absolute Gasteiger partial charge is 0.492 e. The van der Waals surface area contributed by atoms with Gasteiger partial charge in [-0.3, -0.25) is 14.7 Å². The van der Waals surface area contributed by atoms with Crippen LogP contribution in [0.2, 0.25) is 0 Å². The van der Waals surface area contributed by atoms with Crippen LogP contribution in [0.1, 0.15) is 25.0 Å². The van der Waals surface area contributed by atoms with E-state index in [0.717, 1.165) is 30.9 Å². The van der Waals surface area contributed by atoms with Gasteiger partial charge >= 0.3 is 0 Å². The van der Waals surface area contributed by atoms with Crippen molar-refractivity contribution < 1.29 is 9.47 Å². The fourth-order valence-corrected chi connectivity index (χ4v) is 4.05. The van der Waals surface area contributed by atoms with Crippen LogP contribution >= 0.6 is 0 Å². The topological polar surface area (TPSA) is 116 Å². The molecule has 0 bridgehead atoms. The first-order valence-corrected chi connectivity index (χ1v) is 11.5. The second kappa shape index (κ2) is 11.4. The van der Waals surface area contributed by atoms with Gasteiger partial charge in [-0.05, 0) is 31.5 Å². The Morgan fingerprint density at radius 2 is 2.00 bits per heavy atom. The number of anilines is 1. The number of morpholine rings is 1. The molecule has 3 aromatic rings. The van der Waals surface area contributed by atoms with Gasteiger partial charge in [0.1, 0.15) is 24.0 Å². The van der Waals surface area contributed by atoms with Crippen molar-refractivity contribution in [3.05, 3.63) is 76.1 Å². The van der Waals surface area contributed by atoms with Crippen LogP contribution < -0.4 is 15.7 Å². The van der Waals surface area contributed by atoms with Gasteiger partial charge in [-0.1, -0.05) is 42.5 Å². The van der Waals surface area contributed by atoms with Gasteiger partial charge in [0.2, 0.25) is 5.95 Å². The van der Waals surface area contributed by atoms with Crippen molar-refractivity contribution in [2.45, 2.75) is 26.1 Å². The number of rotatable bonds is 8. The van der Waals surface area contributed by atoms with Gasteiger partial charge in [0.05, 0.1) is 24.1 Å². The van der Waals surface area contributed by atoms with E-state index in [1.165, 1.54) is 0 Å². The summed E-state index contributed by atoms with van der Waals surface area (Å²) >= 11 is 0. The molecule has 0 saturated carbocycles. The molecule has 4 rings (SSSR count). The van der Waals surface area contributed by atoms with Crippen molar-refractivity contribution >= 4 is 12.2 Å². The van der Waals surface area contributed by atoms with E-state index >= 15 is 0 Å². The molecule has 9 heteroatoms. The standard InChI is InChI=1S/C26H28N6O3/c1-18-16-32(17-19(2)35-18)11-12-34-22-10-6-7-20(13-22)15-28-31-26-29-24(21-8-4-3-5-9-21)23(14-27)25(33)30-26/h3-10,13,15,18-19H,11-12,16-17H2,1-2H3,(H2,29,30,31,33). The molecule has 2 N–H and O–H groups in total. The Bertz CT molecular complexity index is 1260. The molecular formula is C26H28N6O3. The van der Waals surface area contributed by atoms with Crippen molar-refractivity contribution in [3.8, 4) is 23.1 Å². The molecule has 9 nitrogen and oxygen atoms in total. The van der Waals surface area contributed by atoms with E-state index < -0.39 is 5.56 Å². The van der Waals surface area contributed by atoms with Crippen LogP contribution in [0, 0.1) is 11.3 Å². The molecular weight excluding hydrogens is 444 g/mol. The quantitative estimate of drug-likeness (QED) is 0.382. The lowest BCUT2D eigenvalue weighted by Crippen LogP contribution is -2.46. The molecule has 35 heavy (non-hydrogen) atoms. The van der Waals surface area contributed by atoms with Crippen LogP contribution in [-0.4, -0.2) is 59.5 Å². The fraction of sp³-hybridized carbons (Fsp3) is 0.308. The van der Waals surface area contributed by atoms with Crippen LogP contribution in [0.4, 0.5) is 5.95 Å². The van der Waals surface area contributed by atoms with Gasteiger partial charge in [-0.15, -0.1) is 0 Å². The fourth-order valence-electron chi connectivity index (χ4n) is 4.05. The van der Waals surface area contributed by atoms with E-state index in [-0.39, 0.29) is 23.7 Å². The Morgan fingerprint density at radius 3 is 2.74 bits per heavy atom. The molecule has 180 valence electrons. The molecule has 0 spiro atoms. The maximum Gasteiger partial charge on any atom is 0.270 e. The molecule has 0 radical (unpaired) electrons. The second-order valence-corrected chi connectivity index (χ2v) is 8.42. The maximum absolute atomic E-state index is 12.4. The number of hydrazone groups is 1. The first kappa shape index (κ1) is 24.1. The number of aromatic amines is 1. The highest BCUT2D eigenvalue weighted by molar-refractivity contribution is 5.80. The smallest absolute Gasteiger partial charge is 0.270 e. The van der Waals surface area contributed by atoms with Crippen molar-refractivity contribution in [2.75, 3.05) is 31.7 Å². The summed E-state index contributed by atoms with van der Waals surface area (Å²) in [6, 6.07) is 18.6. The number of benzene rings is 2. The number of H-pyrrole nitrogens is 1. The van der Waals surface area contributed by atoms with E-state index in [1.54, 1.807) is 18.3 Å². The van der Waals surface area contributed by atoms with E-state index in [1.807, 2.05) is 48.5 Å². The van der Waals surface area contributed by atoms with Gasteiger partial charge in [0, 0.05) is 25.2 Å². The average Bonchev–Trinajstić information content (AvgIpc) is 2.84. The van der Waals surface area contributed by atoms with E-state index in [0.29, 0.717) is 17.9 Å². The maximum atomic E-state index is 12.4. The zero-order chi connectivity index (χ0) is 24.6. The molecule has 1 aliphatic rings. The molecule has 1 aliphatic heterocycles. The van der Waals surface area contributed by atoms with Crippen LogP contribution in [0.15, 0.2) is 64.5 Å². The Labute approximate surface area is 204 Å². The highest BCUT2D eigenvalue weighted by Gasteiger charge is 2.21. The van der Waals surface area contributed by atoms with E-state index in [2.05, 4.69) is 39.2 Å². The van der Waals surface area contributed by atoms with Crippen LogP contribution in [0.5, 0.6) is 5.75 Å². The third kappa shape index (κ3) is 6.53. The van der Waals surface area contributed by atoms with Crippen molar-refractivity contribution in [1.29, 1.82) is 5.26 Å². The number of nitrogens with zero attached hydrogens (tertiary/aromatic N) is 4. The molecule has 2 atom stereocenters. The van der Waals surface area contributed by atoms with Crippen LogP contribution in [0.3, 0.4) is 0 Å². The monoisotopic (exact) mass is 472 g/mol. The van der Waals surface area contributed by atoms with E-state index in [9.17, 15) is 10.1 Å². The number of nitriles is 1. The van der Waals surface area contributed by atoms with Crippen molar-refractivity contribution in [1.82, 2.24) is 14.9 Å². The SMILES string of the molecule is CC1CN(CCOc2cccc(C=NNc3nc(-c4ccccc4)c(C#N)c(=O)[nH]3)c2)CC(C)O1. The van der Waals surface area contributed by atoms with Gasteiger partial charge in [-0.25, -0.2) is 10.4 Å². The Morgan fingerprint density at radius 1 is 1.23 bits per heavy atom. The van der Waals surface area contributed by atoms with Crippen molar-refractivity contribution in [3.63, 3.8) is 0 Å². The average molecular weight is 473 g/mol. The number of hydrogen-bond acceptors (Lipinski definition) is 8. The molecule has 0 aliphatic carbocycles. The van der Waals surface area contributed by atoms with Gasteiger partial charge in [0.25, 0.3) is 5.56 Å². The van der Waals surface area contributed by atoms with Gasteiger partial charge in [0.15, 0.2) is 0 Å². The summed E-state index contributed by atoms with van der Waals surface area (Å²) in [5.41, 5.74) is 3.97. The zero-order valence-corrected chi connectivity index (χ0v) is 19.8. The summed E-state index contributed by atoms with van der Waals surface area (Å²) in [6.45, 7) is 7.40. The number of nitrogens with one attached hydrogen (secondary N) is 2. The molecule has 0 amide bonds. The molecule has 1 fully saturated rings. The molecule has 2 heterocycles. The molecule has 2 aromatic carbocycles. The highest BCUT2D eigenvalue weighted by atomic mass is 16.5. The highest BCUT2D eigenvalue weighted by Crippen LogP contribution is 2.19. The molecule has 2 unspecified atom stereocenters. The first-order chi connectivity index (χ1) is 17.0. The van der Waals surface area contributed by atoms with E-state index in [4.69, 9.17) is 9.47 Å². The second-order valence-electron chi connectivity index (χ2n) is 8.42. The number of ether oxygens (including phenoxy) is 2. The normalized spacial score (nSPS) is 18.3. The third-order valence-corrected chi connectivity index (χ3v) is 5.49.